The molecule has 2 rings (SSSR count). The summed E-state index contributed by atoms with van der Waals surface area (Å²) in [5.74, 6) is -0.636. The average molecular weight is 372 g/mol. The van der Waals surface area contributed by atoms with E-state index in [9.17, 15) is 12.8 Å². The van der Waals surface area contributed by atoms with Crippen molar-refractivity contribution in [3.8, 4) is 0 Å². The maximum Gasteiger partial charge on any atom is 0.240 e. The van der Waals surface area contributed by atoms with Gasteiger partial charge in [0.05, 0.1) is 23.1 Å². The van der Waals surface area contributed by atoms with Crippen molar-refractivity contribution in [3.05, 3.63) is 29.0 Å². The zero-order valence-corrected chi connectivity index (χ0v) is 14.2. The highest BCUT2D eigenvalue weighted by Gasteiger charge is 2.16. The molecule has 5 nitrogen and oxygen atoms in total. The third-order valence-electron chi connectivity index (χ3n) is 3.25. The van der Waals surface area contributed by atoms with Gasteiger partial charge in [-0.3, -0.25) is 4.90 Å². The lowest BCUT2D eigenvalue weighted by molar-refractivity contribution is -0.00000879. The molecule has 1 heterocycles. The summed E-state index contributed by atoms with van der Waals surface area (Å²) in [6.07, 6.45) is 0.703. The van der Waals surface area contributed by atoms with Crippen LogP contribution in [-0.4, -0.2) is 52.7 Å². The fourth-order valence-electron chi connectivity index (χ4n) is 2.06. The van der Waals surface area contributed by atoms with Crippen molar-refractivity contribution >= 4 is 21.6 Å². The van der Waals surface area contributed by atoms with Gasteiger partial charge in [0.2, 0.25) is 10.0 Å². The highest BCUT2D eigenvalue weighted by Crippen LogP contribution is 2.19. The Morgan fingerprint density at radius 2 is 2.00 bits per heavy atom. The van der Waals surface area contributed by atoms with Gasteiger partial charge in [0.1, 0.15) is 5.82 Å². The van der Waals surface area contributed by atoms with Crippen LogP contribution in [0.1, 0.15) is 6.42 Å². The van der Waals surface area contributed by atoms with Crippen LogP contribution in [0.3, 0.4) is 0 Å². The predicted molar refractivity (Wildman–Crippen MR) is 78.5 cm³/mol. The molecule has 0 unspecified atom stereocenters. The van der Waals surface area contributed by atoms with Crippen LogP contribution >= 0.6 is 11.6 Å². The summed E-state index contributed by atoms with van der Waals surface area (Å²) in [5.41, 5.74) is 0. The van der Waals surface area contributed by atoms with Gasteiger partial charge in [-0.2, -0.15) is 0 Å². The zero-order valence-electron chi connectivity index (χ0n) is 11.9. The van der Waals surface area contributed by atoms with Gasteiger partial charge < -0.3 is 17.1 Å². The molecule has 0 amide bonds. The Morgan fingerprint density at radius 3 is 2.64 bits per heavy atom. The van der Waals surface area contributed by atoms with Crippen molar-refractivity contribution in [2.75, 3.05) is 39.4 Å². The van der Waals surface area contributed by atoms with E-state index in [-0.39, 0.29) is 22.3 Å². The minimum Gasteiger partial charge on any atom is -1.00 e. The van der Waals surface area contributed by atoms with E-state index < -0.39 is 15.8 Å². The summed E-state index contributed by atoms with van der Waals surface area (Å²) in [6, 6.07) is 3.36. The molecule has 0 atom stereocenters. The first-order valence-corrected chi connectivity index (χ1v) is 8.60. The number of sulfonamides is 1. The van der Waals surface area contributed by atoms with Crippen LogP contribution in [-0.2, 0) is 14.8 Å². The lowest BCUT2D eigenvalue weighted by Crippen LogP contribution is -3.00. The predicted octanol–water partition coefficient (Wildman–Crippen LogP) is -1.52. The second kappa shape index (κ2) is 9.00. The van der Waals surface area contributed by atoms with E-state index >= 15 is 0 Å². The van der Waals surface area contributed by atoms with Crippen LogP contribution in [0.15, 0.2) is 23.1 Å². The van der Waals surface area contributed by atoms with Crippen molar-refractivity contribution < 1.29 is 30.0 Å². The van der Waals surface area contributed by atoms with Crippen molar-refractivity contribution in [1.82, 2.24) is 9.62 Å². The Balaban J connectivity index is 0.00000242. The molecule has 0 aromatic heterocycles. The summed E-state index contributed by atoms with van der Waals surface area (Å²) in [5, 5.41) is -0.203. The molecular weight excluding hydrogens is 354 g/mol. The minimum absolute atomic E-state index is 0. The minimum atomic E-state index is -3.65. The number of nitrogens with zero attached hydrogens (tertiary/aromatic N) is 1. The van der Waals surface area contributed by atoms with E-state index in [2.05, 4.69) is 9.62 Å². The molecule has 1 N–H and O–H groups in total. The van der Waals surface area contributed by atoms with Gasteiger partial charge in [-0.15, -0.1) is 0 Å². The van der Waals surface area contributed by atoms with Gasteiger partial charge in [0, 0.05) is 19.6 Å². The third-order valence-corrected chi connectivity index (χ3v) is 5.00. The van der Waals surface area contributed by atoms with E-state index in [4.69, 9.17) is 16.3 Å². The number of hydrogen-bond donors (Lipinski definition) is 1. The number of rotatable bonds is 6. The smallest absolute Gasteiger partial charge is 0.240 e. The molecule has 1 saturated heterocycles. The van der Waals surface area contributed by atoms with Gasteiger partial charge in [-0.1, -0.05) is 11.6 Å². The molecule has 1 aromatic rings. The number of hydrogen-bond acceptors (Lipinski definition) is 4. The molecule has 1 fully saturated rings. The SMILES string of the molecule is O=S(=O)(NCCCN1CCOCC1)c1ccc(F)c(Cl)c1.[Cl-]. The molecular formula is C13H18Cl2FN2O3S-. The Bertz CT molecular complexity index is 581. The molecule has 0 spiro atoms. The lowest BCUT2D eigenvalue weighted by atomic mass is 10.3. The molecule has 0 saturated carbocycles. The summed E-state index contributed by atoms with van der Waals surface area (Å²) in [7, 11) is -3.65. The second-order valence-corrected chi connectivity index (χ2v) is 6.96. The van der Waals surface area contributed by atoms with Gasteiger partial charge in [0.15, 0.2) is 0 Å². The molecule has 22 heavy (non-hydrogen) atoms. The average Bonchev–Trinajstić information content (AvgIpc) is 2.47. The van der Waals surface area contributed by atoms with Gasteiger partial charge in [0.25, 0.3) is 0 Å². The Labute approximate surface area is 141 Å². The Morgan fingerprint density at radius 1 is 1.32 bits per heavy atom. The first kappa shape index (κ1) is 19.6. The summed E-state index contributed by atoms with van der Waals surface area (Å²) in [6.45, 7) is 4.34. The van der Waals surface area contributed by atoms with E-state index in [1.165, 1.54) is 6.07 Å². The molecule has 1 aliphatic rings. The topological polar surface area (TPSA) is 58.6 Å². The van der Waals surface area contributed by atoms with E-state index in [0.29, 0.717) is 13.0 Å². The standard InChI is InChI=1S/C13H18ClFN2O3S.ClH/c14-12-10-11(2-3-13(12)15)21(18,19)16-4-1-5-17-6-8-20-9-7-17;/h2-3,10,16H,1,4-9H2;1H/p-1. The second-order valence-electron chi connectivity index (χ2n) is 4.78. The molecule has 9 heteroatoms. The van der Waals surface area contributed by atoms with E-state index in [1.54, 1.807) is 0 Å². The van der Waals surface area contributed by atoms with Crippen LogP contribution in [0.25, 0.3) is 0 Å². The van der Waals surface area contributed by atoms with Crippen molar-refractivity contribution in [2.45, 2.75) is 11.3 Å². The highest BCUT2D eigenvalue weighted by atomic mass is 35.5. The number of halogens is 3. The number of nitrogens with one attached hydrogen (secondary N) is 1. The third kappa shape index (κ3) is 5.64. The van der Waals surface area contributed by atoms with Crippen molar-refractivity contribution in [3.63, 3.8) is 0 Å². The van der Waals surface area contributed by atoms with Crippen LogP contribution < -0.4 is 17.1 Å². The van der Waals surface area contributed by atoms with Crippen molar-refractivity contribution in [2.24, 2.45) is 0 Å². The first-order chi connectivity index (χ1) is 9.99. The van der Waals surface area contributed by atoms with E-state index in [1.807, 2.05) is 0 Å². The van der Waals surface area contributed by atoms with E-state index in [0.717, 1.165) is 45.0 Å². The summed E-state index contributed by atoms with van der Waals surface area (Å²) >= 11 is 5.60. The highest BCUT2D eigenvalue weighted by molar-refractivity contribution is 7.89. The van der Waals surface area contributed by atoms with Crippen LogP contribution in [0.4, 0.5) is 4.39 Å². The van der Waals surface area contributed by atoms with Crippen LogP contribution in [0.2, 0.25) is 5.02 Å². The fourth-order valence-corrected chi connectivity index (χ4v) is 3.41. The molecule has 1 aromatic carbocycles. The molecule has 126 valence electrons. The quantitative estimate of drug-likeness (QED) is 0.617. The number of benzene rings is 1. The maximum atomic E-state index is 13.0. The molecule has 1 aliphatic heterocycles. The summed E-state index contributed by atoms with van der Waals surface area (Å²) in [4.78, 5) is 2.20. The van der Waals surface area contributed by atoms with Gasteiger partial charge >= 0.3 is 0 Å². The number of morpholine rings is 1. The van der Waals surface area contributed by atoms with Gasteiger partial charge in [-0.05, 0) is 31.2 Å². The number of ether oxygens (including phenoxy) is 1. The monoisotopic (exact) mass is 371 g/mol. The van der Waals surface area contributed by atoms with Gasteiger partial charge in [-0.25, -0.2) is 17.5 Å². The van der Waals surface area contributed by atoms with Crippen LogP contribution in [0, 0.1) is 5.82 Å². The molecule has 0 bridgehead atoms. The first-order valence-electron chi connectivity index (χ1n) is 6.74. The lowest BCUT2D eigenvalue weighted by Gasteiger charge is -2.26. The zero-order chi connectivity index (χ0) is 15.3. The Kier molecular flexibility index (Phi) is 8.02. The summed E-state index contributed by atoms with van der Waals surface area (Å²) < 4.78 is 44.8. The Hall–Kier alpha value is -0.440. The maximum absolute atomic E-state index is 13.0. The molecule has 0 radical (unpaired) electrons. The van der Waals surface area contributed by atoms with Crippen LogP contribution in [0.5, 0.6) is 0 Å². The van der Waals surface area contributed by atoms with Crippen molar-refractivity contribution in [1.29, 1.82) is 0 Å². The normalized spacial score (nSPS) is 16.3. The fraction of sp³-hybridized carbons (Fsp3) is 0.538. The largest absolute Gasteiger partial charge is 1.00 e. The molecule has 0 aliphatic carbocycles.